The maximum Gasteiger partial charge on any atom is 0.0701 e. The normalized spacial score (nSPS) is 12.8. The SMILES string of the molecule is C(=Cc1ccc(C(c2ccc(C=Cc3ccccc3)cc2)(c2ccc(C=Cc3ccccc3)cc2)c2ccc(C=Cc3ccccc3)cc2)cc1)c1ccccc1. The fourth-order valence-electron chi connectivity index (χ4n) is 7.40. The van der Waals surface area contributed by atoms with E-state index in [9.17, 15) is 0 Å². The molecule has 8 rings (SSSR count). The van der Waals surface area contributed by atoms with Crippen molar-refractivity contribution >= 4 is 48.6 Å². The van der Waals surface area contributed by atoms with Gasteiger partial charge in [-0.05, 0) is 66.8 Å². The molecule has 0 N–H and O–H groups in total. The van der Waals surface area contributed by atoms with Crippen molar-refractivity contribution in [3.05, 3.63) is 285 Å². The molecule has 8 aromatic rings. The van der Waals surface area contributed by atoms with Crippen LogP contribution in [0, 0.1) is 0 Å². The molecule has 0 fully saturated rings. The highest BCUT2D eigenvalue weighted by molar-refractivity contribution is 5.74. The van der Waals surface area contributed by atoms with E-state index in [0.29, 0.717) is 0 Å². The summed E-state index contributed by atoms with van der Waals surface area (Å²) in [4.78, 5) is 0. The van der Waals surface area contributed by atoms with Gasteiger partial charge in [0.15, 0.2) is 0 Å². The van der Waals surface area contributed by atoms with Gasteiger partial charge >= 0.3 is 0 Å². The van der Waals surface area contributed by atoms with Gasteiger partial charge < -0.3 is 0 Å². The third-order valence-electron chi connectivity index (χ3n) is 10.4. The Kier molecular flexibility index (Phi) is 11.5. The van der Waals surface area contributed by atoms with E-state index in [0.717, 1.165) is 22.3 Å². The highest BCUT2D eigenvalue weighted by Crippen LogP contribution is 2.46. The molecule has 8 aromatic carbocycles. The molecule has 0 aliphatic carbocycles. The monoisotopic (exact) mass is 728 g/mol. The third kappa shape index (κ3) is 9.00. The van der Waals surface area contributed by atoms with E-state index in [1.807, 2.05) is 0 Å². The van der Waals surface area contributed by atoms with Crippen LogP contribution in [0.2, 0.25) is 0 Å². The smallest absolute Gasteiger partial charge is 0.0622 e. The summed E-state index contributed by atoms with van der Waals surface area (Å²) in [5, 5.41) is 0. The predicted molar refractivity (Wildman–Crippen MR) is 246 cm³/mol. The minimum atomic E-state index is -0.604. The zero-order valence-corrected chi connectivity index (χ0v) is 31.9. The summed E-state index contributed by atoms with van der Waals surface area (Å²) in [5.41, 5.74) is 13.5. The molecule has 0 radical (unpaired) electrons. The fraction of sp³-hybridized carbons (Fsp3) is 0.0175. The van der Waals surface area contributed by atoms with Gasteiger partial charge in [0.1, 0.15) is 0 Å². The average molecular weight is 729 g/mol. The molecule has 0 heterocycles. The van der Waals surface area contributed by atoms with Crippen LogP contribution in [0.3, 0.4) is 0 Å². The summed E-state index contributed by atoms with van der Waals surface area (Å²) in [6, 6.07) is 78.3. The van der Waals surface area contributed by atoms with Gasteiger partial charge in [0, 0.05) is 0 Å². The zero-order chi connectivity index (χ0) is 38.5. The van der Waals surface area contributed by atoms with Crippen molar-refractivity contribution in [2.75, 3.05) is 0 Å². The largest absolute Gasteiger partial charge is 0.0701 e. The fourth-order valence-corrected chi connectivity index (χ4v) is 7.40. The van der Waals surface area contributed by atoms with Gasteiger partial charge in [-0.1, -0.05) is 267 Å². The summed E-state index contributed by atoms with van der Waals surface area (Å²) < 4.78 is 0. The summed E-state index contributed by atoms with van der Waals surface area (Å²) in [7, 11) is 0. The van der Waals surface area contributed by atoms with Crippen molar-refractivity contribution in [1.82, 2.24) is 0 Å². The first-order valence-corrected chi connectivity index (χ1v) is 19.6. The van der Waals surface area contributed by atoms with Crippen LogP contribution in [-0.4, -0.2) is 0 Å². The summed E-state index contributed by atoms with van der Waals surface area (Å²) in [6.07, 6.45) is 17.5. The van der Waals surface area contributed by atoms with E-state index in [-0.39, 0.29) is 0 Å². The molecular weight excluding hydrogens is 685 g/mol. The maximum atomic E-state index is 2.31. The quantitative estimate of drug-likeness (QED) is 0.0868. The van der Waals surface area contributed by atoms with Crippen LogP contribution in [0.25, 0.3) is 48.6 Å². The Balaban J connectivity index is 1.25. The van der Waals surface area contributed by atoms with E-state index in [2.05, 4.69) is 267 Å². The van der Waals surface area contributed by atoms with Crippen molar-refractivity contribution in [3.63, 3.8) is 0 Å². The van der Waals surface area contributed by atoms with Crippen LogP contribution < -0.4 is 0 Å². The van der Waals surface area contributed by atoms with E-state index in [1.54, 1.807) is 0 Å². The summed E-state index contributed by atoms with van der Waals surface area (Å²) in [6.45, 7) is 0. The molecule has 0 aromatic heterocycles. The molecule has 0 aliphatic rings. The second-order valence-electron chi connectivity index (χ2n) is 14.2. The van der Waals surface area contributed by atoms with Gasteiger partial charge in [-0.3, -0.25) is 0 Å². The van der Waals surface area contributed by atoms with E-state index in [1.165, 1.54) is 44.5 Å². The Hall–Kier alpha value is -7.28. The Labute approximate surface area is 337 Å². The number of rotatable bonds is 12. The first-order chi connectivity index (χ1) is 28.2. The number of benzene rings is 8. The standard InChI is InChI=1S/C57H44/c1-5-13-45(14-6-1)21-25-49-29-37-53(38-30-49)57(54-39-31-50(32-40-54)26-22-46-15-7-2-8-16-46,55-41-33-51(34-42-55)27-23-47-17-9-3-10-18-47)56-43-35-52(36-44-56)28-24-48-19-11-4-12-20-48/h1-44H. The molecule has 0 spiro atoms. The van der Waals surface area contributed by atoms with E-state index >= 15 is 0 Å². The molecule has 0 saturated carbocycles. The Bertz CT molecular complexity index is 2200. The lowest BCUT2D eigenvalue weighted by Crippen LogP contribution is -2.31. The van der Waals surface area contributed by atoms with Crippen LogP contribution in [0.4, 0.5) is 0 Å². The van der Waals surface area contributed by atoms with Crippen molar-refractivity contribution < 1.29 is 0 Å². The summed E-state index contributed by atoms with van der Waals surface area (Å²) in [5.74, 6) is 0. The first-order valence-electron chi connectivity index (χ1n) is 19.6. The lowest BCUT2D eigenvalue weighted by molar-refractivity contribution is 0.744. The molecule has 0 unspecified atom stereocenters. The van der Waals surface area contributed by atoms with Gasteiger partial charge in [0.2, 0.25) is 0 Å². The number of hydrogen-bond donors (Lipinski definition) is 0. The van der Waals surface area contributed by atoms with Crippen LogP contribution in [0.15, 0.2) is 218 Å². The van der Waals surface area contributed by atoms with Gasteiger partial charge in [0.25, 0.3) is 0 Å². The zero-order valence-electron chi connectivity index (χ0n) is 31.9. The van der Waals surface area contributed by atoms with Gasteiger partial charge in [-0.2, -0.15) is 0 Å². The second kappa shape index (κ2) is 17.9. The summed E-state index contributed by atoms with van der Waals surface area (Å²) >= 11 is 0. The van der Waals surface area contributed by atoms with Gasteiger partial charge in [-0.15, -0.1) is 0 Å². The molecule has 272 valence electrons. The van der Waals surface area contributed by atoms with E-state index < -0.39 is 5.41 Å². The second-order valence-corrected chi connectivity index (χ2v) is 14.2. The lowest BCUT2D eigenvalue weighted by Gasteiger charge is -2.37. The first kappa shape index (κ1) is 36.7. The predicted octanol–water partition coefficient (Wildman–Crippen LogP) is 14.8. The van der Waals surface area contributed by atoms with Crippen LogP contribution in [0.5, 0.6) is 0 Å². The van der Waals surface area contributed by atoms with Crippen molar-refractivity contribution in [2.45, 2.75) is 5.41 Å². The molecule has 0 aliphatic heterocycles. The average Bonchev–Trinajstić information content (AvgIpc) is 3.29. The van der Waals surface area contributed by atoms with Crippen molar-refractivity contribution in [3.8, 4) is 0 Å². The molecule has 0 bridgehead atoms. The molecule has 0 saturated heterocycles. The molecule has 0 atom stereocenters. The van der Waals surface area contributed by atoms with Crippen LogP contribution in [0.1, 0.15) is 66.8 Å². The van der Waals surface area contributed by atoms with Crippen molar-refractivity contribution in [2.24, 2.45) is 0 Å². The Morgan fingerprint density at radius 2 is 0.333 bits per heavy atom. The van der Waals surface area contributed by atoms with Gasteiger partial charge in [-0.25, -0.2) is 0 Å². The molecule has 0 heteroatoms. The third-order valence-corrected chi connectivity index (χ3v) is 10.4. The minimum absolute atomic E-state index is 0.604. The highest BCUT2D eigenvalue weighted by atomic mass is 14.4. The maximum absolute atomic E-state index is 2.31. The van der Waals surface area contributed by atoms with Gasteiger partial charge in [0.05, 0.1) is 5.41 Å². The minimum Gasteiger partial charge on any atom is -0.0622 e. The highest BCUT2D eigenvalue weighted by Gasteiger charge is 2.38. The van der Waals surface area contributed by atoms with E-state index in [4.69, 9.17) is 0 Å². The van der Waals surface area contributed by atoms with Crippen molar-refractivity contribution in [1.29, 1.82) is 0 Å². The Morgan fingerprint density at radius 1 is 0.175 bits per heavy atom. The van der Waals surface area contributed by atoms with Crippen LogP contribution >= 0.6 is 0 Å². The Morgan fingerprint density at radius 3 is 0.509 bits per heavy atom. The molecule has 0 nitrogen and oxygen atoms in total. The molecule has 0 amide bonds. The lowest BCUT2D eigenvalue weighted by atomic mass is 9.64. The molecular formula is C57H44. The molecule has 57 heavy (non-hydrogen) atoms. The van der Waals surface area contributed by atoms with Crippen LogP contribution in [-0.2, 0) is 5.41 Å². The topological polar surface area (TPSA) is 0 Å². The number of hydrogen-bond acceptors (Lipinski definition) is 0.